The van der Waals surface area contributed by atoms with Gasteiger partial charge in [-0.1, -0.05) is 0 Å². The molecule has 0 aliphatic carbocycles. The zero-order valence-electron chi connectivity index (χ0n) is 11.8. The second-order valence-corrected chi connectivity index (χ2v) is 6.12. The lowest BCUT2D eigenvalue weighted by atomic mass is 10.3. The van der Waals surface area contributed by atoms with Crippen molar-refractivity contribution in [2.45, 2.75) is 11.8 Å². The lowest BCUT2D eigenvalue weighted by Crippen LogP contribution is -2.30. The predicted octanol–water partition coefficient (Wildman–Crippen LogP) is 0.537. The fraction of sp³-hybridized carbons (Fsp3) is 0.455. The van der Waals surface area contributed by atoms with Gasteiger partial charge in [0.1, 0.15) is 0 Å². The molecule has 0 aliphatic heterocycles. The van der Waals surface area contributed by atoms with Crippen LogP contribution in [0.1, 0.15) is 6.92 Å². The maximum Gasteiger partial charge on any atom is 0.291 e. The summed E-state index contributed by atoms with van der Waals surface area (Å²) in [6.45, 7) is 2.56. The molecule has 9 nitrogen and oxygen atoms in total. The van der Waals surface area contributed by atoms with E-state index in [2.05, 4.69) is 5.43 Å². The van der Waals surface area contributed by atoms with Gasteiger partial charge in [0.15, 0.2) is 4.90 Å². The van der Waals surface area contributed by atoms with Gasteiger partial charge in [-0.05, 0) is 19.1 Å². The number of hydrogen-bond acceptors (Lipinski definition) is 7. The summed E-state index contributed by atoms with van der Waals surface area (Å²) >= 11 is 0. The molecule has 0 saturated heterocycles. The van der Waals surface area contributed by atoms with E-state index in [9.17, 15) is 18.5 Å². The van der Waals surface area contributed by atoms with Gasteiger partial charge < -0.3 is 10.2 Å². The lowest BCUT2D eigenvalue weighted by Gasteiger charge is -2.17. The first-order chi connectivity index (χ1) is 9.84. The van der Waals surface area contributed by atoms with Crippen LogP contribution in [-0.4, -0.2) is 44.5 Å². The van der Waals surface area contributed by atoms with Crippen LogP contribution < -0.4 is 11.3 Å². The maximum atomic E-state index is 12.4. The Bertz CT molecular complexity index is 605. The molecule has 10 heteroatoms. The summed E-state index contributed by atoms with van der Waals surface area (Å²) in [6, 6.07) is 3.58. The Morgan fingerprint density at radius 1 is 1.48 bits per heavy atom. The van der Waals surface area contributed by atoms with Crippen LogP contribution in [0.5, 0.6) is 0 Å². The zero-order chi connectivity index (χ0) is 16.0. The molecule has 0 saturated carbocycles. The van der Waals surface area contributed by atoms with Crippen LogP contribution in [0.4, 0.5) is 11.4 Å². The van der Waals surface area contributed by atoms with Crippen LogP contribution in [0.3, 0.4) is 0 Å². The minimum absolute atomic E-state index is 0.101. The van der Waals surface area contributed by atoms with Gasteiger partial charge >= 0.3 is 0 Å². The lowest BCUT2D eigenvalue weighted by molar-refractivity contribution is -0.387. The normalized spacial score (nSPS) is 11.6. The Labute approximate surface area is 122 Å². The van der Waals surface area contributed by atoms with Crippen molar-refractivity contribution in [1.82, 2.24) is 4.31 Å². The SMILES string of the molecule is CCOCCN(C)S(=O)(=O)c1ccc(NN)cc1[N+](=O)[O-]. The van der Waals surface area contributed by atoms with Crippen molar-refractivity contribution in [1.29, 1.82) is 0 Å². The quantitative estimate of drug-likeness (QED) is 0.310. The smallest absolute Gasteiger partial charge is 0.291 e. The van der Waals surface area contributed by atoms with Crippen LogP contribution in [0.2, 0.25) is 0 Å². The van der Waals surface area contributed by atoms with E-state index >= 15 is 0 Å². The van der Waals surface area contributed by atoms with Crippen LogP contribution in [0.25, 0.3) is 0 Å². The molecule has 0 fully saturated rings. The molecule has 0 bridgehead atoms. The largest absolute Gasteiger partial charge is 0.380 e. The van der Waals surface area contributed by atoms with Gasteiger partial charge in [-0.15, -0.1) is 0 Å². The summed E-state index contributed by atoms with van der Waals surface area (Å²) in [5.74, 6) is 5.17. The number of nitrogen functional groups attached to an aromatic ring is 1. The molecule has 21 heavy (non-hydrogen) atoms. The van der Waals surface area contributed by atoms with Gasteiger partial charge in [-0.25, -0.2) is 8.42 Å². The number of nitro groups is 1. The third-order valence-electron chi connectivity index (χ3n) is 2.77. The number of likely N-dealkylation sites (N-methyl/N-ethyl adjacent to an activating group) is 1. The number of hydrazine groups is 1. The first kappa shape index (κ1) is 17.3. The average Bonchev–Trinajstić information content (AvgIpc) is 2.46. The minimum atomic E-state index is -3.98. The second-order valence-electron chi connectivity index (χ2n) is 4.11. The van der Waals surface area contributed by atoms with Crippen LogP contribution in [0, 0.1) is 10.1 Å². The van der Waals surface area contributed by atoms with Crippen molar-refractivity contribution in [3.05, 3.63) is 28.3 Å². The fourth-order valence-electron chi connectivity index (χ4n) is 1.59. The maximum absolute atomic E-state index is 12.4. The number of hydrogen-bond donors (Lipinski definition) is 2. The molecule has 0 atom stereocenters. The third-order valence-corrected chi connectivity index (χ3v) is 4.67. The van der Waals surface area contributed by atoms with Gasteiger partial charge in [-0.2, -0.15) is 4.31 Å². The van der Waals surface area contributed by atoms with E-state index in [1.807, 2.05) is 0 Å². The summed E-state index contributed by atoms with van der Waals surface area (Å²) in [5.41, 5.74) is 1.95. The number of nitrogens with one attached hydrogen (secondary N) is 1. The number of ether oxygens (including phenoxy) is 1. The number of sulfonamides is 1. The van der Waals surface area contributed by atoms with E-state index < -0.39 is 20.6 Å². The number of anilines is 1. The average molecular weight is 318 g/mol. The molecule has 0 unspecified atom stereocenters. The highest BCUT2D eigenvalue weighted by Crippen LogP contribution is 2.28. The van der Waals surface area contributed by atoms with E-state index in [-0.39, 0.29) is 23.7 Å². The van der Waals surface area contributed by atoms with Crippen LogP contribution in [0.15, 0.2) is 23.1 Å². The summed E-state index contributed by atoms with van der Waals surface area (Å²) in [6.07, 6.45) is 0. The van der Waals surface area contributed by atoms with E-state index in [0.717, 1.165) is 16.4 Å². The topological polar surface area (TPSA) is 128 Å². The highest BCUT2D eigenvalue weighted by atomic mass is 32.2. The first-order valence-electron chi connectivity index (χ1n) is 6.13. The highest BCUT2D eigenvalue weighted by Gasteiger charge is 2.29. The first-order valence-corrected chi connectivity index (χ1v) is 7.57. The van der Waals surface area contributed by atoms with Crippen molar-refractivity contribution >= 4 is 21.4 Å². The summed E-state index contributed by atoms with van der Waals surface area (Å²) in [5, 5.41) is 11.0. The van der Waals surface area contributed by atoms with E-state index in [4.69, 9.17) is 10.6 Å². The van der Waals surface area contributed by atoms with E-state index in [0.29, 0.717) is 6.61 Å². The Morgan fingerprint density at radius 2 is 2.14 bits per heavy atom. The summed E-state index contributed by atoms with van der Waals surface area (Å²) in [4.78, 5) is 9.91. The molecule has 0 aromatic heterocycles. The molecular weight excluding hydrogens is 300 g/mol. The van der Waals surface area contributed by atoms with Crippen molar-refractivity contribution in [3.8, 4) is 0 Å². The van der Waals surface area contributed by atoms with E-state index in [1.54, 1.807) is 6.92 Å². The molecule has 0 radical (unpaired) electrons. The summed E-state index contributed by atoms with van der Waals surface area (Å²) < 4.78 is 30.8. The number of rotatable bonds is 8. The summed E-state index contributed by atoms with van der Waals surface area (Å²) in [7, 11) is -2.64. The third kappa shape index (κ3) is 4.11. The minimum Gasteiger partial charge on any atom is -0.380 e. The van der Waals surface area contributed by atoms with Crippen molar-refractivity contribution in [2.24, 2.45) is 5.84 Å². The molecule has 118 valence electrons. The monoisotopic (exact) mass is 318 g/mol. The van der Waals surface area contributed by atoms with Crippen molar-refractivity contribution in [3.63, 3.8) is 0 Å². The molecule has 3 N–H and O–H groups in total. The zero-order valence-corrected chi connectivity index (χ0v) is 12.6. The van der Waals surface area contributed by atoms with Gasteiger partial charge in [0, 0.05) is 26.3 Å². The second kappa shape index (κ2) is 7.31. The predicted molar refractivity (Wildman–Crippen MR) is 77.2 cm³/mol. The molecule has 0 aliphatic rings. The Kier molecular flexibility index (Phi) is 6.03. The van der Waals surface area contributed by atoms with Gasteiger partial charge in [0.05, 0.1) is 17.2 Å². The van der Waals surface area contributed by atoms with Crippen molar-refractivity contribution < 1.29 is 18.1 Å². The van der Waals surface area contributed by atoms with Gasteiger partial charge in [0.25, 0.3) is 5.69 Å². The molecule has 0 amide bonds. The number of nitrogens with zero attached hydrogens (tertiary/aromatic N) is 2. The Balaban J connectivity index is 3.15. The Morgan fingerprint density at radius 3 is 2.67 bits per heavy atom. The highest BCUT2D eigenvalue weighted by molar-refractivity contribution is 7.89. The molecule has 1 aromatic rings. The molecular formula is C11H18N4O5S. The van der Waals surface area contributed by atoms with Crippen molar-refractivity contribution in [2.75, 3.05) is 32.2 Å². The van der Waals surface area contributed by atoms with Crippen LogP contribution in [-0.2, 0) is 14.8 Å². The fourth-order valence-corrected chi connectivity index (χ4v) is 2.88. The Hall–Kier alpha value is -1.75. The standard InChI is InChI=1S/C11H18N4O5S/c1-3-20-7-6-14(2)21(18,19)11-5-4-9(13-12)8-10(11)15(16)17/h4-5,8,13H,3,6-7,12H2,1-2H3. The number of nitrogens with two attached hydrogens (primary N) is 1. The van der Waals surface area contributed by atoms with Crippen LogP contribution >= 0.6 is 0 Å². The molecule has 0 spiro atoms. The molecule has 1 rings (SSSR count). The number of nitro benzene ring substituents is 1. The van der Waals surface area contributed by atoms with E-state index in [1.165, 1.54) is 13.1 Å². The van der Waals surface area contributed by atoms with Gasteiger partial charge in [-0.3, -0.25) is 16.0 Å². The molecule has 0 heterocycles. The number of benzene rings is 1. The molecule has 1 aromatic carbocycles. The van der Waals surface area contributed by atoms with Gasteiger partial charge in [0.2, 0.25) is 10.0 Å².